The summed E-state index contributed by atoms with van der Waals surface area (Å²) in [6, 6.07) is 5.94. The first-order valence-electron chi connectivity index (χ1n) is 5.61. The minimum atomic E-state index is -0.517. The molecular formula is C13H13FN4O. The second kappa shape index (κ2) is 5.01. The highest BCUT2D eigenvalue weighted by Crippen LogP contribution is 2.27. The van der Waals surface area contributed by atoms with E-state index in [1.807, 2.05) is 0 Å². The summed E-state index contributed by atoms with van der Waals surface area (Å²) in [4.78, 5) is 0. The molecule has 0 aliphatic heterocycles. The van der Waals surface area contributed by atoms with Crippen molar-refractivity contribution in [2.75, 3.05) is 0 Å². The Morgan fingerprint density at radius 2 is 1.95 bits per heavy atom. The van der Waals surface area contributed by atoms with Gasteiger partial charge in [-0.05, 0) is 31.5 Å². The van der Waals surface area contributed by atoms with Crippen molar-refractivity contribution in [3.8, 4) is 11.6 Å². The summed E-state index contributed by atoms with van der Waals surface area (Å²) in [6.45, 7) is 3.51. The third-order valence-electron chi connectivity index (χ3n) is 2.74. The van der Waals surface area contributed by atoms with Gasteiger partial charge in [0.05, 0.1) is 11.3 Å². The lowest BCUT2D eigenvalue weighted by Crippen LogP contribution is -2.16. The maximum Gasteiger partial charge on any atom is 0.250 e. The minimum absolute atomic E-state index is 0.0163. The standard InChI is InChI=1S/C13H13FN4O/c1-7-8(2)17-18-13(11(7)12(15)16)19-10-6-4-3-5-9(10)14/h3-6H,1-2H3,(H3,15,16). The van der Waals surface area contributed by atoms with Crippen LogP contribution in [0.15, 0.2) is 24.3 Å². The van der Waals surface area contributed by atoms with Crippen LogP contribution < -0.4 is 10.5 Å². The average molecular weight is 260 g/mol. The van der Waals surface area contributed by atoms with Gasteiger partial charge in [0.1, 0.15) is 5.84 Å². The van der Waals surface area contributed by atoms with Crippen LogP contribution in [0, 0.1) is 25.1 Å². The summed E-state index contributed by atoms with van der Waals surface area (Å²) in [6.07, 6.45) is 0. The molecule has 0 saturated heterocycles. The Kier molecular flexibility index (Phi) is 3.41. The molecule has 0 spiro atoms. The summed E-state index contributed by atoms with van der Waals surface area (Å²) in [7, 11) is 0. The Labute approximate surface area is 109 Å². The van der Waals surface area contributed by atoms with E-state index in [0.717, 1.165) is 0 Å². The van der Waals surface area contributed by atoms with Crippen LogP contribution in [-0.2, 0) is 0 Å². The summed E-state index contributed by atoms with van der Waals surface area (Å²) in [5, 5.41) is 15.3. The first kappa shape index (κ1) is 12.9. The number of nitrogens with zero attached hydrogens (tertiary/aromatic N) is 2. The van der Waals surface area contributed by atoms with E-state index >= 15 is 0 Å². The Balaban J connectivity index is 2.49. The van der Waals surface area contributed by atoms with E-state index in [9.17, 15) is 4.39 Å². The molecule has 2 aromatic rings. The first-order valence-corrected chi connectivity index (χ1v) is 5.61. The maximum absolute atomic E-state index is 13.5. The number of halogens is 1. The van der Waals surface area contributed by atoms with E-state index in [-0.39, 0.29) is 17.5 Å². The molecule has 98 valence electrons. The van der Waals surface area contributed by atoms with Crippen LogP contribution in [-0.4, -0.2) is 16.0 Å². The van der Waals surface area contributed by atoms with Crippen molar-refractivity contribution >= 4 is 5.84 Å². The zero-order valence-electron chi connectivity index (χ0n) is 10.6. The van der Waals surface area contributed by atoms with Gasteiger partial charge in [-0.2, -0.15) is 5.10 Å². The van der Waals surface area contributed by atoms with Crippen molar-refractivity contribution in [2.45, 2.75) is 13.8 Å². The molecule has 0 aliphatic rings. The highest BCUT2D eigenvalue weighted by atomic mass is 19.1. The summed E-state index contributed by atoms with van der Waals surface area (Å²) < 4.78 is 18.9. The van der Waals surface area contributed by atoms with Crippen molar-refractivity contribution in [1.29, 1.82) is 5.41 Å². The van der Waals surface area contributed by atoms with E-state index in [2.05, 4.69) is 10.2 Å². The van der Waals surface area contributed by atoms with Crippen LogP contribution in [0.1, 0.15) is 16.8 Å². The quantitative estimate of drug-likeness (QED) is 0.655. The van der Waals surface area contributed by atoms with Gasteiger partial charge in [-0.3, -0.25) is 5.41 Å². The molecule has 0 atom stereocenters. The molecular weight excluding hydrogens is 247 g/mol. The fourth-order valence-electron chi connectivity index (χ4n) is 1.61. The van der Waals surface area contributed by atoms with Crippen molar-refractivity contribution < 1.29 is 9.13 Å². The van der Waals surface area contributed by atoms with Crippen LogP contribution in [0.5, 0.6) is 11.6 Å². The molecule has 1 heterocycles. The van der Waals surface area contributed by atoms with E-state index in [4.69, 9.17) is 15.9 Å². The van der Waals surface area contributed by atoms with Gasteiger partial charge < -0.3 is 10.5 Å². The maximum atomic E-state index is 13.5. The fraction of sp³-hybridized carbons (Fsp3) is 0.154. The van der Waals surface area contributed by atoms with Crippen LogP contribution >= 0.6 is 0 Å². The molecule has 2 rings (SSSR count). The highest BCUT2D eigenvalue weighted by molar-refractivity contribution is 5.98. The number of aryl methyl sites for hydroxylation is 1. The second-order valence-electron chi connectivity index (χ2n) is 4.04. The lowest BCUT2D eigenvalue weighted by Gasteiger charge is -2.12. The molecule has 0 bridgehead atoms. The number of benzene rings is 1. The van der Waals surface area contributed by atoms with Crippen molar-refractivity contribution in [3.63, 3.8) is 0 Å². The summed E-state index contributed by atoms with van der Waals surface area (Å²) in [5.74, 6) is -0.665. The Morgan fingerprint density at radius 1 is 1.26 bits per heavy atom. The summed E-state index contributed by atoms with van der Waals surface area (Å²) in [5.41, 5.74) is 7.18. The number of para-hydroxylation sites is 1. The number of nitrogen functional groups attached to an aromatic ring is 1. The number of rotatable bonds is 3. The molecule has 0 amide bonds. The Bertz CT molecular complexity index is 643. The van der Waals surface area contributed by atoms with E-state index in [1.165, 1.54) is 12.1 Å². The predicted octanol–water partition coefficient (Wildman–Crippen LogP) is 2.31. The van der Waals surface area contributed by atoms with Crippen molar-refractivity contribution in [1.82, 2.24) is 10.2 Å². The number of amidine groups is 1. The second-order valence-corrected chi connectivity index (χ2v) is 4.04. The Morgan fingerprint density at radius 3 is 2.58 bits per heavy atom. The SMILES string of the molecule is Cc1nnc(Oc2ccccc2F)c(C(=N)N)c1C. The molecule has 0 aliphatic carbocycles. The number of aromatic nitrogens is 2. The molecule has 0 unspecified atom stereocenters. The van der Waals surface area contributed by atoms with Gasteiger partial charge in [0.15, 0.2) is 11.6 Å². The molecule has 3 N–H and O–H groups in total. The van der Waals surface area contributed by atoms with Gasteiger partial charge in [-0.1, -0.05) is 12.1 Å². The van der Waals surface area contributed by atoms with Gasteiger partial charge in [0.2, 0.25) is 5.88 Å². The molecule has 0 radical (unpaired) electrons. The monoisotopic (exact) mass is 260 g/mol. The minimum Gasteiger partial charge on any atom is -0.434 e. The molecule has 0 fully saturated rings. The number of nitrogens with one attached hydrogen (secondary N) is 1. The summed E-state index contributed by atoms with van der Waals surface area (Å²) >= 11 is 0. The van der Waals surface area contributed by atoms with Crippen LogP contribution in [0.25, 0.3) is 0 Å². The molecule has 5 nitrogen and oxygen atoms in total. The molecule has 6 heteroatoms. The van der Waals surface area contributed by atoms with Gasteiger partial charge in [-0.15, -0.1) is 5.10 Å². The zero-order valence-corrected chi connectivity index (χ0v) is 10.6. The topological polar surface area (TPSA) is 84.9 Å². The van der Waals surface area contributed by atoms with Crippen molar-refractivity contribution in [3.05, 3.63) is 46.9 Å². The van der Waals surface area contributed by atoms with Crippen molar-refractivity contribution in [2.24, 2.45) is 5.73 Å². The Hall–Kier alpha value is -2.50. The molecule has 0 saturated carbocycles. The largest absolute Gasteiger partial charge is 0.434 e. The average Bonchev–Trinajstić information content (AvgIpc) is 2.36. The number of hydrogen-bond acceptors (Lipinski definition) is 4. The van der Waals surface area contributed by atoms with Crippen LogP contribution in [0.3, 0.4) is 0 Å². The predicted molar refractivity (Wildman–Crippen MR) is 69.0 cm³/mol. The van der Waals surface area contributed by atoms with Gasteiger partial charge in [-0.25, -0.2) is 4.39 Å². The van der Waals surface area contributed by atoms with Gasteiger partial charge in [0, 0.05) is 0 Å². The lowest BCUT2D eigenvalue weighted by atomic mass is 10.1. The third-order valence-corrected chi connectivity index (χ3v) is 2.74. The molecule has 1 aromatic carbocycles. The van der Waals surface area contributed by atoms with Crippen LogP contribution in [0.2, 0.25) is 0 Å². The third kappa shape index (κ3) is 2.52. The number of hydrogen-bond donors (Lipinski definition) is 2. The number of ether oxygens (including phenoxy) is 1. The van der Waals surface area contributed by atoms with Crippen LogP contribution in [0.4, 0.5) is 4.39 Å². The smallest absolute Gasteiger partial charge is 0.250 e. The lowest BCUT2D eigenvalue weighted by molar-refractivity contribution is 0.420. The van der Waals surface area contributed by atoms with E-state index in [1.54, 1.807) is 26.0 Å². The highest BCUT2D eigenvalue weighted by Gasteiger charge is 2.16. The number of nitrogens with two attached hydrogens (primary N) is 1. The first-order chi connectivity index (χ1) is 9.00. The van der Waals surface area contributed by atoms with E-state index in [0.29, 0.717) is 16.8 Å². The zero-order chi connectivity index (χ0) is 14.0. The normalized spacial score (nSPS) is 10.3. The van der Waals surface area contributed by atoms with Gasteiger partial charge >= 0.3 is 0 Å². The van der Waals surface area contributed by atoms with Gasteiger partial charge in [0.25, 0.3) is 0 Å². The van der Waals surface area contributed by atoms with E-state index < -0.39 is 5.82 Å². The molecule has 1 aromatic heterocycles. The molecule has 19 heavy (non-hydrogen) atoms. The fourth-order valence-corrected chi connectivity index (χ4v) is 1.61.